The summed E-state index contributed by atoms with van der Waals surface area (Å²) in [5, 5.41) is 9.91. The van der Waals surface area contributed by atoms with Gasteiger partial charge in [0, 0.05) is 12.0 Å². The van der Waals surface area contributed by atoms with Gasteiger partial charge in [0.15, 0.2) is 0 Å². The van der Waals surface area contributed by atoms with Crippen molar-refractivity contribution >= 4 is 10.9 Å². The highest BCUT2D eigenvalue weighted by molar-refractivity contribution is 7.95. The molecule has 2 nitrogen and oxygen atoms in total. The molecule has 1 unspecified atom stereocenters. The Morgan fingerprint density at radius 2 is 2.05 bits per heavy atom. The maximum absolute atomic E-state index is 9.91. The van der Waals surface area contributed by atoms with Crippen molar-refractivity contribution in [3.63, 3.8) is 0 Å². The molecule has 1 heterocycles. The van der Waals surface area contributed by atoms with E-state index >= 15 is 0 Å². The van der Waals surface area contributed by atoms with E-state index in [0.717, 1.165) is 36.1 Å². The van der Waals surface area contributed by atoms with Gasteiger partial charge in [0.1, 0.15) is 22.9 Å². The lowest BCUT2D eigenvalue weighted by Crippen LogP contribution is -2.38. The average molecular weight is 281 g/mol. The molecule has 106 valence electrons. The summed E-state index contributed by atoms with van der Waals surface area (Å²) in [6, 6.07) is 1.82. The van der Waals surface area contributed by atoms with E-state index < -0.39 is 0 Å². The number of benzene rings is 1. The summed E-state index contributed by atoms with van der Waals surface area (Å²) in [6.45, 7) is 6.23. The highest BCUT2D eigenvalue weighted by Gasteiger charge is 2.34. The Kier molecular flexibility index (Phi) is 4.05. The first-order chi connectivity index (χ1) is 8.82. The largest absolute Gasteiger partial charge is 0.508 e. The molecule has 0 bridgehead atoms. The minimum absolute atomic E-state index is 0.0432. The first-order valence-electron chi connectivity index (χ1n) is 6.88. The van der Waals surface area contributed by atoms with Gasteiger partial charge in [-0.05, 0) is 61.7 Å². The van der Waals surface area contributed by atoms with Crippen LogP contribution in [0.5, 0.6) is 11.5 Å². The summed E-state index contributed by atoms with van der Waals surface area (Å²) in [5.41, 5.74) is 3.18. The predicted octanol–water partition coefficient (Wildman–Crippen LogP) is 3.36. The molecule has 1 aromatic carbocycles. The second kappa shape index (κ2) is 5.28. The molecule has 0 saturated heterocycles. The van der Waals surface area contributed by atoms with E-state index in [0.29, 0.717) is 16.6 Å². The van der Waals surface area contributed by atoms with E-state index in [1.165, 1.54) is 11.3 Å². The van der Waals surface area contributed by atoms with Crippen LogP contribution in [0.15, 0.2) is 6.07 Å². The van der Waals surface area contributed by atoms with Crippen molar-refractivity contribution in [2.75, 3.05) is 18.3 Å². The van der Waals surface area contributed by atoms with Gasteiger partial charge in [0.05, 0.1) is 12.5 Å². The average Bonchev–Trinajstić information content (AvgIpc) is 2.34. The van der Waals surface area contributed by atoms with E-state index in [1.807, 2.05) is 19.9 Å². The van der Waals surface area contributed by atoms with Crippen LogP contribution in [0, 0.1) is 13.8 Å². The van der Waals surface area contributed by atoms with E-state index in [1.54, 1.807) is 0 Å². The molecule has 0 aliphatic carbocycles. The highest BCUT2D eigenvalue weighted by atomic mass is 32.2. The van der Waals surface area contributed by atoms with Gasteiger partial charge in [-0.2, -0.15) is 0 Å². The molecule has 1 aromatic rings. The molecule has 1 aliphatic heterocycles. The molecule has 0 spiro atoms. The van der Waals surface area contributed by atoms with Crippen LogP contribution in [-0.2, 0) is 17.3 Å². The number of aromatic hydroxyl groups is 1. The third kappa shape index (κ3) is 3.02. The molecule has 0 fully saturated rings. The zero-order valence-corrected chi connectivity index (χ0v) is 13.5. The molecule has 3 heteroatoms. The summed E-state index contributed by atoms with van der Waals surface area (Å²) >= 11 is 0. The van der Waals surface area contributed by atoms with Crippen molar-refractivity contribution in [1.82, 2.24) is 0 Å². The lowest BCUT2D eigenvalue weighted by molar-refractivity contribution is 0.0610. The highest BCUT2D eigenvalue weighted by Crippen LogP contribution is 2.41. The molecule has 0 saturated carbocycles. The second-order valence-corrected chi connectivity index (χ2v) is 8.52. The zero-order valence-electron chi connectivity index (χ0n) is 12.7. The van der Waals surface area contributed by atoms with E-state index in [-0.39, 0.29) is 5.60 Å². The number of phenols is 1. The number of hydrogen-bond acceptors (Lipinski definition) is 2. The summed E-state index contributed by atoms with van der Waals surface area (Å²) in [7, 11) is 0.466. The van der Waals surface area contributed by atoms with Crippen molar-refractivity contribution in [1.29, 1.82) is 0 Å². The van der Waals surface area contributed by atoms with Crippen molar-refractivity contribution in [2.24, 2.45) is 0 Å². The standard InChI is InChI=1S/C16H24O2S/c1-11-10-14(17)12(2)13-6-7-16(3,18-15(11)13)8-9-19(4)5/h10H,6-9H2,1-5H3/p+1. The van der Waals surface area contributed by atoms with Crippen LogP contribution >= 0.6 is 0 Å². The van der Waals surface area contributed by atoms with Crippen molar-refractivity contribution in [3.8, 4) is 11.5 Å². The Balaban J connectivity index is 2.27. The third-order valence-corrected chi connectivity index (χ3v) is 5.13. The Morgan fingerprint density at radius 1 is 1.37 bits per heavy atom. The number of rotatable bonds is 3. The minimum atomic E-state index is -0.0432. The molecule has 1 atom stereocenters. The molecule has 1 aliphatic rings. The van der Waals surface area contributed by atoms with Crippen molar-refractivity contribution < 1.29 is 9.84 Å². The molecule has 19 heavy (non-hydrogen) atoms. The van der Waals surface area contributed by atoms with Crippen molar-refractivity contribution in [3.05, 3.63) is 22.8 Å². The molecular weight excluding hydrogens is 256 g/mol. The number of phenolic OH excluding ortho intramolecular Hbond substituents is 1. The van der Waals surface area contributed by atoms with E-state index in [4.69, 9.17) is 4.74 Å². The lowest BCUT2D eigenvalue weighted by Gasteiger charge is -2.37. The zero-order chi connectivity index (χ0) is 14.2. The van der Waals surface area contributed by atoms with Crippen LogP contribution < -0.4 is 4.74 Å². The topological polar surface area (TPSA) is 29.5 Å². The number of aryl methyl sites for hydroxylation is 1. The van der Waals surface area contributed by atoms with Gasteiger partial charge in [-0.1, -0.05) is 0 Å². The quantitative estimate of drug-likeness (QED) is 0.861. The number of ether oxygens (including phenoxy) is 1. The summed E-state index contributed by atoms with van der Waals surface area (Å²) in [6.07, 6.45) is 7.73. The summed E-state index contributed by atoms with van der Waals surface area (Å²) in [4.78, 5) is 0. The lowest BCUT2D eigenvalue weighted by atomic mass is 9.87. The first kappa shape index (κ1) is 14.6. The number of fused-ring (bicyclic) bond motifs is 1. The molecule has 0 aromatic heterocycles. The van der Waals surface area contributed by atoms with Gasteiger partial charge in [-0.25, -0.2) is 0 Å². The smallest absolute Gasteiger partial charge is 0.126 e. The Labute approximate surface area is 119 Å². The van der Waals surface area contributed by atoms with Gasteiger partial charge >= 0.3 is 0 Å². The van der Waals surface area contributed by atoms with Crippen LogP contribution in [0.2, 0.25) is 0 Å². The molecule has 0 radical (unpaired) electrons. The fourth-order valence-corrected chi connectivity index (χ4v) is 3.51. The van der Waals surface area contributed by atoms with Gasteiger partial charge in [-0.3, -0.25) is 0 Å². The minimum Gasteiger partial charge on any atom is -0.508 e. The number of hydrogen-bond donors (Lipinski definition) is 1. The third-order valence-electron chi connectivity index (χ3n) is 4.11. The maximum Gasteiger partial charge on any atom is 0.126 e. The summed E-state index contributed by atoms with van der Waals surface area (Å²) < 4.78 is 6.33. The predicted molar refractivity (Wildman–Crippen MR) is 83.6 cm³/mol. The van der Waals surface area contributed by atoms with Crippen LogP contribution in [0.4, 0.5) is 0 Å². The van der Waals surface area contributed by atoms with E-state index in [9.17, 15) is 5.11 Å². The second-order valence-electron chi connectivity index (χ2n) is 6.14. The van der Waals surface area contributed by atoms with Crippen LogP contribution in [0.1, 0.15) is 36.5 Å². The maximum atomic E-state index is 9.91. The summed E-state index contributed by atoms with van der Waals surface area (Å²) in [5.74, 6) is 2.63. The van der Waals surface area contributed by atoms with Gasteiger partial charge in [-0.15, -0.1) is 0 Å². The fourth-order valence-electron chi connectivity index (χ4n) is 2.67. The SMILES string of the molecule is Cc1cc(O)c(C)c2c1OC(C)(CC[S+](C)C)CC2. The fraction of sp³-hybridized carbons (Fsp3) is 0.625. The molecule has 1 N–H and O–H groups in total. The van der Waals surface area contributed by atoms with Crippen LogP contribution in [-0.4, -0.2) is 29.0 Å². The first-order valence-corrected chi connectivity index (χ1v) is 9.09. The van der Waals surface area contributed by atoms with Crippen LogP contribution in [0.3, 0.4) is 0 Å². The Hall–Kier alpha value is -0.830. The van der Waals surface area contributed by atoms with E-state index in [2.05, 4.69) is 19.4 Å². The molecule has 2 rings (SSSR count). The molecule has 0 amide bonds. The Bertz CT molecular complexity index is 482. The monoisotopic (exact) mass is 281 g/mol. The van der Waals surface area contributed by atoms with Gasteiger partial charge < -0.3 is 9.84 Å². The van der Waals surface area contributed by atoms with Crippen LogP contribution in [0.25, 0.3) is 0 Å². The van der Waals surface area contributed by atoms with Gasteiger partial charge in [0.2, 0.25) is 0 Å². The molecular formula is C16H25O2S+. The van der Waals surface area contributed by atoms with Crippen molar-refractivity contribution in [2.45, 2.75) is 45.6 Å². The normalized spacial score (nSPS) is 22.2. The Morgan fingerprint density at radius 3 is 2.68 bits per heavy atom. The van der Waals surface area contributed by atoms with Gasteiger partial charge in [0.25, 0.3) is 0 Å².